The van der Waals surface area contributed by atoms with Crippen molar-refractivity contribution in [1.82, 2.24) is 9.62 Å². The second-order valence-electron chi connectivity index (χ2n) is 5.94. The van der Waals surface area contributed by atoms with Crippen LogP contribution in [0, 0.1) is 0 Å². The highest BCUT2D eigenvalue weighted by atomic mass is 32.2. The monoisotopic (exact) mass is 323 g/mol. The minimum absolute atomic E-state index is 0.122. The van der Waals surface area contributed by atoms with Crippen LogP contribution in [0.4, 0.5) is 10.5 Å². The molecule has 0 radical (unpaired) electrons. The molecule has 120 valence electrons. The number of anilines is 1. The fourth-order valence-corrected chi connectivity index (χ4v) is 4.07. The molecule has 2 amide bonds. The van der Waals surface area contributed by atoms with Gasteiger partial charge < -0.3 is 5.32 Å². The number of piperidine rings is 1. The third kappa shape index (κ3) is 3.10. The average Bonchev–Trinajstić information content (AvgIpc) is 2.90. The summed E-state index contributed by atoms with van der Waals surface area (Å²) in [7, 11) is -3.19. The molecule has 6 nitrogen and oxygen atoms in total. The summed E-state index contributed by atoms with van der Waals surface area (Å²) in [6.07, 6.45) is 3.67. The maximum Gasteiger partial charge on any atom is 0.322 e. The van der Waals surface area contributed by atoms with Gasteiger partial charge in [0.05, 0.1) is 6.26 Å². The zero-order valence-electron chi connectivity index (χ0n) is 12.7. The lowest BCUT2D eigenvalue weighted by Gasteiger charge is -2.32. The Hall–Kier alpha value is -1.60. The average molecular weight is 323 g/mol. The number of nitrogens with zero attached hydrogens (tertiary/aromatic N) is 2. The molecule has 1 N–H and O–H groups in total. The van der Waals surface area contributed by atoms with Crippen molar-refractivity contribution in [3.8, 4) is 0 Å². The Labute approximate surface area is 131 Å². The molecule has 0 aromatic heterocycles. The minimum atomic E-state index is -3.19. The van der Waals surface area contributed by atoms with Crippen LogP contribution < -0.4 is 10.2 Å². The van der Waals surface area contributed by atoms with E-state index in [2.05, 4.69) is 5.32 Å². The highest BCUT2D eigenvalue weighted by molar-refractivity contribution is 7.88. The van der Waals surface area contributed by atoms with Gasteiger partial charge >= 0.3 is 6.03 Å². The Bertz CT molecular complexity index is 674. The summed E-state index contributed by atoms with van der Waals surface area (Å²) in [6, 6.07) is 7.64. The largest absolute Gasteiger partial charge is 0.334 e. The molecule has 2 heterocycles. The number of rotatable bonds is 2. The van der Waals surface area contributed by atoms with E-state index in [1.165, 1.54) is 16.1 Å². The minimum Gasteiger partial charge on any atom is -0.334 e. The third-order valence-electron chi connectivity index (χ3n) is 4.31. The van der Waals surface area contributed by atoms with E-state index >= 15 is 0 Å². The van der Waals surface area contributed by atoms with Crippen molar-refractivity contribution in [2.45, 2.75) is 25.3 Å². The number of urea groups is 1. The maximum atomic E-state index is 12.5. The number of fused-ring (bicyclic) bond motifs is 1. The van der Waals surface area contributed by atoms with E-state index in [-0.39, 0.29) is 12.1 Å². The van der Waals surface area contributed by atoms with Crippen LogP contribution in [0.1, 0.15) is 18.4 Å². The van der Waals surface area contributed by atoms with E-state index < -0.39 is 10.0 Å². The number of hydrogen-bond donors (Lipinski definition) is 1. The molecule has 1 unspecified atom stereocenters. The Kier molecular flexibility index (Phi) is 4.10. The Balaban J connectivity index is 1.65. The van der Waals surface area contributed by atoms with Crippen molar-refractivity contribution in [2.24, 2.45) is 0 Å². The summed E-state index contributed by atoms with van der Waals surface area (Å²) in [4.78, 5) is 14.2. The van der Waals surface area contributed by atoms with Gasteiger partial charge in [-0.25, -0.2) is 17.5 Å². The lowest BCUT2D eigenvalue weighted by Crippen LogP contribution is -2.52. The highest BCUT2D eigenvalue weighted by Gasteiger charge is 2.30. The van der Waals surface area contributed by atoms with E-state index in [4.69, 9.17) is 0 Å². The van der Waals surface area contributed by atoms with Crippen molar-refractivity contribution < 1.29 is 13.2 Å². The van der Waals surface area contributed by atoms with E-state index in [1.807, 2.05) is 24.3 Å². The van der Waals surface area contributed by atoms with Gasteiger partial charge in [-0.2, -0.15) is 0 Å². The molecule has 22 heavy (non-hydrogen) atoms. The van der Waals surface area contributed by atoms with Crippen LogP contribution in [0.2, 0.25) is 0 Å². The van der Waals surface area contributed by atoms with Crippen LogP contribution in [0.15, 0.2) is 24.3 Å². The summed E-state index contributed by atoms with van der Waals surface area (Å²) in [5.74, 6) is 0. The van der Waals surface area contributed by atoms with Crippen molar-refractivity contribution in [1.29, 1.82) is 0 Å². The molecule has 1 aromatic carbocycles. The molecule has 0 spiro atoms. The van der Waals surface area contributed by atoms with Crippen LogP contribution in [-0.2, 0) is 16.4 Å². The van der Waals surface area contributed by atoms with E-state index in [0.717, 1.165) is 24.9 Å². The Morgan fingerprint density at radius 2 is 2.05 bits per heavy atom. The highest BCUT2D eigenvalue weighted by Crippen LogP contribution is 2.27. The molecule has 0 bridgehead atoms. The molecule has 3 rings (SSSR count). The second kappa shape index (κ2) is 5.89. The van der Waals surface area contributed by atoms with Gasteiger partial charge in [-0.05, 0) is 30.9 Å². The molecule has 0 saturated carbocycles. The van der Waals surface area contributed by atoms with Gasteiger partial charge in [0.15, 0.2) is 0 Å². The maximum absolute atomic E-state index is 12.5. The molecule has 0 aliphatic carbocycles. The van der Waals surface area contributed by atoms with Crippen LogP contribution >= 0.6 is 0 Å². The van der Waals surface area contributed by atoms with Gasteiger partial charge in [0, 0.05) is 31.4 Å². The second-order valence-corrected chi connectivity index (χ2v) is 7.92. The number of carbonyl (C=O) groups excluding carboxylic acids is 1. The lowest BCUT2D eigenvalue weighted by molar-refractivity contribution is 0.231. The molecule has 1 saturated heterocycles. The van der Waals surface area contributed by atoms with Crippen molar-refractivity contribution in [2.75, 3.05) is 30.8 Å². The molecule has 1 fully saturated rings. The fourth-order valence-electron chi connectivity index (χ4n) is 3.16. The normalized spacial score (nSPS) is 22.4. The number of sulfonamides is 1. The first kappa shape index (κ1) is 15.3. The van der Waals surface area contributed by atoms with Gasteiger partial charge in [-0.3, -0.25) is 4.90 Å². The van der Waals surface area contributed by atoms with Crippen molar-refractivity contribution in [3.63, 3.8) is 0 Å². The van der Waals surface area contributed by atoms with Gasteiger partial charge in [0.1, 0.15) is 0 Å². The quantitative estimate of drug-likeness (QED) is 0.888. The molecular weight excluding hydrogens is 302 g/mol. The predicted molar refractivity (Wildman–Crippen MR) is 85.5 cm³/mol. The SMILES string of the molecule is CS(=O)(=O)N1CCCC(NC(=O)N2CCc3ccccc32)C1. The number of hydrogen-bond acceptors (Lipinski definition) is 3. The van der Waals surface area contributed by atoms with Crippen LogP contribution in [0.3, 0.4) is 0 Å². The summed E-state index contributed by atoms with van der Waals surface area (Å²) in [5, 5.41) is 2.98. The number of carbonyl (C=O) groups is 1. The Morgan fingerprint density at radius 1 is 1.27 bits per heavy atom. The number of nitrogens with one attached hydrogen (secondary N) is 1. The molecule has 7 heteroatoms. The molecule has 1 atom stereocenters. The zero-order valence-corrected chi connectivity index (χ0v) is 13.5. The lowest BCUT2D eigenvalue weighted by atomic mass is 10.1. The van der Waals surface area contributed by atoms with E-state index in [0.29, 0.717) is 19.6 Å². The van der Waals surface area contributed by atoms with Gasteiger partial charge in [0.2, 0.25) is 10.0 Å². The number of para-hydroxylation sites is 1. The molecule has 1 aromatic rings. The van der Waals surface area contributed by atoms with Gasteiger partial charge in [-0.1, -0.05) is 18.2 Å². The topological polar surface area (TPSA) is 69.7 Å². The fraction of sp³-hybridized carbons (Fsp3) is 0.533. The van der Waals surface area contributed by atoms with Crippen LogP contribution in [0.5, 0.6) is 0 Å². The zero-order chi connectivity index (χ0) is 15.7. The van der Waals surface area contributed by atoms with Crippen LogP contribution in [-0.4, -0.2) is 50.7 Å². The predicted octanol–water partition coefficient (Wildman–Crippen LogP) is 1.18. The number of benzene rings is 1. The first-order valence-corrected chi connectivity index (χ1v) is 9.41. The van der Waals surface area contributed by atoms with Crippen LogP contribution in [0.25, 0.3) is 0 Å². The number of amides is 2. The summed E-state index contributed by atoms with van der Waals surface area (Å²) in [6.45, 7) is 1.57. The first-order chi connectivity index (χ1) is 10.4. The first-order valence-electron chi connectivity index (χ1n) is 7.56. The van der Waals surface area contributed by atoms with Gasteiger partial charge in [0.25, 0.3) is 0 Å². The smallest absolute Gasteiger partial charge is 0.322 e. The molecule has 2 aliphatic rings. The summed E-state index contributed by atoms with van der Waals surface area (Å²) < 4.78 is 24.7. The standard InChI is InChI=1S/C15H21N3O3S/c1-22(20,21)17-9-4-6-13(11-17)16-15(19)18-10-8-12-5-2-3-7-14(12)18/h2-3,5,7,13H,4,6,8-11H2,1H3,(H,16,19). The van der Waals surface area contributed by atoms with Gasteiger partial charge in [-0.15, -0.1) is 0 Å². The third-order valence-corrected chi connectivity index (χ3v) is 5.58. The summed E-state index contributed by atoms with van der Waals surface area (Å²) in [5.41, 5.74) is 2.13. The summed E-state index contributed by atoms with van der Waals surface area (Å²) >= 11 is 0. The molecular formula is C15H21N3O3S. The van der Waals surface area contributed by atoms with E-state index in [9.17, 15) is 13.2 Å². The Morgan fingerprint density at radius 3 is 2.82 bits per heavy atom. The van der Waals surface area contributed by atoms with Crippen molar-refractivity contribution >= 4 is 21.7 Å². The van der Waals surface area contributed by atoms with E-state index in [1.54, 1.807) is 4.90 Å². The molecule has 2 aliphatic heterocycles. The van der Waals surface area contributed by atoms with Crippen molar-refractivity contribution in [3.05, 3.63) is 29.8 Å².